The zero-order valence-corrected chi connectivity index (χ0v) is 18.6. The second-order valence-electron chi connectivity index (χ2n) is 6.93. The van der Waals surface area contributed by atoms with Crippen LogP contribution in [0.25, 0.3) is 0 Å². The molecule has 3 rings (SSSR count). The van der Waals surface area contributed by atoms with E-state index in [9.17, 15) is 0 Å². The number of aromatic nitrogens is 1. The van der Waals surface area contributed by atoms with E-state index in [0.29, 0.717) is 10.6 Å². The van der Waals surface area contributed by atoms with Gasteiger partial charge in [0.15, 0.2) is 10.6 Å². The molecular formula is C22H25N4OS2+. The van der Waals surface area contributed by atoms with Gasteiger partial charge < -0.3 is 9.30 Å². The van der Waals surface area contributed by atoms with Gasteiger partial charge in [0.1, 0.15) is 5.75 Å². The highest BCUT2D eigenvalue weighted by atomic mass is 32.1. The normalized spacial score (nSPS) is 11.5. The van der Waals surface area contributed by atoms with E-state index < -0.39 is 0 Å². The second kappa shape index (κ2) is 9.24. The van der Waals surface area contributed by atoms with Crippen LogP contribution >= 0.6 is 11.3 Å². The van der Waals surface area contributed by atoms with Crippen LogP contribution in [0.2, 0.25) is 0 Å². The van der Waals surface area contributed by atoms with E-state index in [2.05, 4.69) is 30.6 Å². The largest absolute Gasteiger partial charge is 0.414 e. The molecule has 0 spiro atoms. The fourth-order valence-corrected chi connectivity index (χ4v) is 3.80. The molecule has 2 N–H and O–H groups in total. The van der Waals surface area contributed by atoms with Gasteiger partial charge in [0.2, 0.25) is 0 Å². The molecule has 5 nitrogen and oxygen atoms in total. The molecule has 0 bridgehead atoms. The van der Waals surface area contributed by atoms with Gasteiger partial charge in [-0.2, -0.15) is 0 Å². The van der Waals surface area contributed by atoms with Crippen LogP contribution in [0, 0.1) is 31.6 Å². The Morgan fingerprint density at radius 2 is 1.86 bits per heavy atom. The van der Waals surface area contributed by atoms with E-state index in [0.717, 1.165) is 35.2 Å². The van der Waals surface area contributed by atoms with E-state index in [1.165, 1.54) is 16.9 Å². The monoisotopic (exact) mass is 425 g/mol. The number of benzene rings is 2. The summed E-state index contributed by atoms with van der Waals surface area (Å²) in [5.41, 5.74) is 5.23. The van der Waals surface area contributed by atoms with E-state index in [1.54, 1.807) is 0 Å². The SMILES string of the molecule is Cc1ccc(C(=N)N=C([SH2+])Oc2cc(C)c(CCn3ccsc3=N)cc2C)cc1. The van der Waals surface area contributed by atoms with Crippen molar-refractivity contribution in [3.8, 4) is 5.75 Å². The number of ether oxygens (including phenoxy) is 1. The van der Waals surface area contributed by atoms with Crippen molar-refractivity contribution in [1.29, 1.82) is 10.8 Å². The predicted octanol–water partition coefficient (Wildman–Crippen LogP) is 3.97. The molecule has 0 aliphatic rings. The fraction of sp³-hybridized carbons (Fsp3) is 0.227. The van der Waals surface area contributed by atoms with Crippen molar-refractivity contribution in [3.63, 3.8) is 0 Å². The van der Waals surface area contributed by atoms with Crippen LogP contribution in [0.3, 0.4) is 0 Å². The topological polar surface area (TPSA) is 74.2 Å². The molecule has 0 unspecified atom stereocenters. The van der Waals surface area contributed by atoms with Gasteiger partial charge in [-0.25, -0.2) is 0 Å². The third-order valence-electron chi connectivity index (χ3n) is 4.68. The summed E-state index contributed by atoms with van der Waals surface area (Å²) in [7, 11) is 0. The smallest absolute Gasteiger partial charge is 0.402 e. The first kappa shape index (κ1) is 21.1. The summed E-state index contributed by atoms with van der Waals surface area (Å²) in [5, 5.41) is 18.2. The fourth-order valence-electron chi connectivity index (χ4n) is 2.95. The number of nitrogens with zero attached hydrogens (tertiary/aromatic N) is 2. The molecule has 2 aromatic carbocycles. The first-order chi connectivity index (χ1) is 13.8. The third kappa shape index (κ3) is 5.46. The molecule has 1 heterocycles. The molecule has 3 aromatic rings. The van der Waals surface area contributed by atoms with Crippen LogP contribution in [0.15, 0.2) is 53.0 Å². The van der Waals surface area contributed by atoms with Gasteiger partial charge in [-0.15, -0.1) is 16.3 Å². The maximum absolute atomic E-state index is 8.15. The molecule has 1 aromatic heterocycles. The molecule has 0 fully saturated rings. The highest BCUT2D eigenvalue weighted by molar-refractivity contribution is 7.77. The van der Waals surface area contributed by atoms with Crippen LogP contribution in [-0.2, 0) is 25.6 Å². The molecule has 0 saturated heterocycles. The number of aliphatic imine (C=N–C) groups is 1. The molecule has 0 amide bonds. The standard InChI is InChI=1S/C22H24N4OS2/c1-14-4-6-17(7-5-14)20(23)25-22(28)27-19-13-15(2)18(12-16(19)3)8-9-26-10-11-29-21(26)24/h4-7,10-13,24H,8-9H2,1-3H3,(H2,23,25,28)/p+1. The maximum Gasteiger partial charge on any atom is 0.414 e. The molecule has 0 atom stereocenters. The lowest BCUT2D eigenvalue weighted by molar-refractivity contribution is 0.561. The van der Waals surface area contributed by atoms with Crippen LogP contribution < -0.4 is 9.54 Å². The number of hydrogen-bond donors (Lipinski definition) is 2. The Morgan fingerprint density at radius 3 is 2.52 bits per heavy atom. The van der Waals surface area contributed by atoms with Crippen LogP contribution in [0.1, 0.15) is 27.8 Å². The Balaban J connectivity index is 1.71. The zero-order chi connectivity index (χ0) is 21.0. The van der Waals surface area contributed by atoms with Crippen molar-refractivity contribution in [2.24, 2.45) is 4.99 Å². The minimum Gasteiger partial charge on any atom is -0.402 e. The van der Waals surface area contributed by atoms with Gasteiger partial charge >= 0.3 is 5.23 Å². The Bertz CT molecular complexity index is 1110. The van der Waals surface area contributed by atoms with Crippen molar-refractivity contribution in [1.82, 2.24) is 4.57 Å². The maximum atomic E-state index is 8.15. The average molecular weight is 426 g/mol. The Morgan fingerprint density at radius 1 is 1.14 bits per heavy atom. The number of nitrogens with one attached hydrogen (secondary N) is 2. The number of rotatable bonds is 5. The lowest BCUT2D eigenvalue weighted by Gasteiger charge is -2.12. The van der Waals surface area contributed by atoms with Crippen molar-refractivity contribution >= 4 is 35.0 Å². The highest BCUT2D eigenvalue weighted by Gasteiger charge is 2.12. The summed E-state index contributed by atoms with van der Waals surface area (Å²) >= 11 is 4.82. The summed E-state index contributed by atoms with van der Waals surface area (Å²) in [6.45, 7) is 6.84. The number of aryl methyl sites for hydroxylation is 5. The first-order valence-electron chi connectivity index (χ1n) is 9.26. The number of hydrogen-bond acceptors (Lipinski definition) is 4. The van der Waals surface area contributed by atoms with Gasteiger partial charge in [0.25, 0.3) is 0 Å². The van der Waals surface area contributed by atoms with Crippen LogP contribution in [0.4, 0.5) is 0 Å². The van der Waals surface area contributed by atoms with Crippen LogP contribution in [0.5, 0.6) is 5.75 Å². The Hall–Kier alpha value is -2.64. The lowest BCUT2D eigenvalue weighted by atomic mass is 10.0. The van der Waals surface area contributed by atoms with Crippen molar-refractivity contribution in [2.75, 3.05) is 0 Å². The summed E-state index contributed by atoms with van der Waals surface area (Å²) in [4.78, 5) is 4.78. The minimum absolute atomic E-state index is 0.139. The first-order valence-corrected chi connectivity index (χ1v) is 10.6. The molecule has 0 saturated carbocycles. The molecule has 7 heteroatoms. The molecule has 29 heavy (non-hydrogen) atoms. The second-order valence-corrected chi connectivity index (χ2v) is 8.25. The van der Waals surface area contributed by atoms with Gasteiger partial charge in [-0.1, -0.05) is 35.9 Å². The lowest BCUT2D eigenvalue weighted by Crippen LogP contribution is -2.14. The van der Waals surface area contributed by atoms with Gasteiger partial charge in [-0.3, -0.25) is 10.8 Å². The molecule has 0 aliphatic heterocycles. The summed E-state index contributed by atoms with van der Waals surface area (Å²) in [6, 6.07) is 11.8. The summed E-state index contributed by atoms with van der Waals surface area (Å²) in [5.74, 6) is 0.848. The van der Waals surface area contributed by atoms with Gasteiger partial charge in [0, 0.05) is 23.7 Å². The van der Waals surface area contributed by atoms with Crippen molar-refractivity contribution in [3.05, 3.63) is 80.6 Å². The third-order valence-corrected chi connectivity index (χ3v) is 5.61. The molecule has 0 radical (unpaired) electrons. The number of thiazole rings is 1. The molecular weight excluding hydrogens is 400 g/mol. The predicted molar refractivity (Wildman–Crippen MR) is 124 cm³/mol. The highest BCUT2D eigenvalue weighted by Crippen LogP contribution is 2.24. The number of amidine groups is 1. The summed E-state index contributed by atoms with van der Waals surface area (Å²) < 4.78 is 7.80. The van der Waals surface area contributed by atoms with E-state index >= 15 is 0 Å². The van der Waals surface area contributed by atoms with Crippen LogP contribution in [-0.4, -0.2) is 15.6 Å². The van der Waals surface area contributed by atoms with E-state index in [-0.39, 0.29) is 11.1 Å². The van der Waals surface area contributed by atoms with E-state index in [1.807, 2.05) is 60.3 Å². The van der Waals surface area contributed by atoms with Gasteiger partial charge in [-0.05, 0) is 49.9 Å². The quantitative estimate of drug-likeness (QED) is 0.362. The minimum atomic E-state index is 0.139. The summed E-state index contributed by atoms with van der Waals surface area (Å²) in [6.07, 6.45) is 2.80. The Kier molecular flexibility index (Phi) is 6.71. The van der Waals surface area contributed by atoms with Gasteiger partial charge in [0.05, 0.1) is 12.6 Å². The van der Waals surface area contributed by atoms with E-state index in [4.69, 9.17) is 15.6 Å². The Labute approximate surface area is 180 Å². The van der Waals surface area contributed by atoms with Crippen molar-refractivity contribution in [2.45, 2.75) is 33.7 Å². The van der Waals surface area contributed by atoms with Crippen molar-refractivity contribution < 1.29 is 4.74 Å². The zero-order valence-electron chi connectivity index (χ0n) is 16.7. The average Bonchev–Trinajstić information content (AvgIpc) is 3.08. The molecule has 150 valence electrons. The molecule has 0 aliphatic carbocycles.